The van der Waals surface area contributed by atoms with Gasteiger partial charge in [-0.15, -0.1) is 0 Å². The van der Waals surface area contributed by atoms with Crippen LogP contribution in [-0.2, 0) is 0 Å². The number of hydrogen-bond donors (Lipinski definition) is 1. The third-order valence-corrected chi connectivity index (χ3v) is 4.35. The SMILES string of the molecule is CNC(c1cc(Br)c(F)cc1OC)C(C)c1ccccc1. The quantitative estimate of drug-likeness (QED) is 0.845. The van der Waals surface area contributed by atoms with E-state index in [0.29, 0.717) is 10.2 Å². The van der Waals surface area contributed by atoms with Gasteiger partial charge in [-0.3, -0.25) is 0 Å². The third-order valence-electron chi connectivity index (χ3n) is 3.74. The molecule has 0 heterocycles. The van der Waals surface area contributed by atoms with E-state index in [2.05, 4.69) is 40.3 Å². The van der Waals surface area contributed by atoms with Crippen molar-refractivity contribution < 1.29 is 9.13 Å². The van der Waals surface area contributed by atoms with Crippen LogP contribution in [0.5, 0.6) is 5.75 Å². The fourth-order valence-electron chi connectivity index (χ4n) is 2.59. The lowest BCUT2D eigenvalue weighted by atomic mass is 9.88. The van der Waals surface area contributed by atoms with Gasteiger partial charge < -0.3 is 10.1 Å². The van der Waals surface area contributed by atoms with Crippen molar-refractivity contribution in [2.45, 2.75) is 18.9 Å². The number of methoxy groups -OCH3 is 1. The Labute approximate surface area is 133 Å². The largest absolute Gasteiger partial charge is 0.496 e. The van der Waals surface area contributed by atoms with Gasteiger partial charge in [-0.2, -0.15) is 0 Å². The fraction of sp³-hybridized carbons (Fsp3) is 0.294. The number of benzene rings is 2. The Morgan fingerprint density at radius 2 is 1.86 bits per heavy atom. The van der Waals surface area contributed by atoms with E-state index in [1.54, 1.807) is 13.2 Å². The first-order chi connectivity index (χ1) is 10.1. The minimum absolute atomic E-state index is 0.0271. The lowest BCUT2D eigenvalue weighted by molar-refractivity contribution is 0.390. The molecule has 2 atom stereocenters. The minimum Gasteiger partial charge on any atom is -0.496 e. The Morgan fingerprint density at radius 1 is 1.19 bits per heavy atom. The van der Waals surface area contributed by atoms with Crippen molar-refractivity contribution in [2.24, 2.45) is 0 Å². The zero-order valence-electron chi connectivity index (χ0n) is 12.4. The molecule has 2 nitrogen and oxygen atoms in total. The van der Waals surface area contributed by atoms with Gasteiger partial charge in [-0.25, -0.2) is 4.39 Å². The zero-order valence-corrected chi connectivity index (χ0v) is 13.9. The molecule has 0 bridgehead atoms. The Kier molecular flexibility index (Phi) is 5.37. The van der Waals surface area contributed by atoms with Gasteiger partial charge >= 0.3 is 0 Å². The number of ether oxygens (including phenoxy) is 1. The van der Waals surface area contributed by atoms with E-state index in [0.717, 1.165) is 5.56 Å². The van der Waals surface area contributed by atoms with Crippen LogP contribution in [0.1, 0.15) is 30.0 Å². The van der Waals surface area contributed by atoms with E-state index in [4.69, 9.17) is 4.74 Å². The van der Waals surface area contributed by atoms with E-state index in [1.807, 2.05) is 25.2 Å². The van der Waals surface area contributed by atoms with Gasteiger partial charge in [-0.1, -0.05) is 37.3 Å². The molecule has 0 aliphatic rings. The van der Waals surface area contributed by atoms with Crippen LogP contribution in [0.25, 0.3) is 0 Å². The molecule has 0 fully saturated rings. The summed E-state index contributed by atoms with van der Waals surface area (Å²) < 4.78 is 19.5. The van der Waals surface area contributed by atoms with Crippen molar-refractivity contribution >= 4 is 15.9 Å². The molecule has 2 aromatic rings. The summed E-state index contributed by atoms with van der Waals surface area (Å²) >= 11 is 3.25. The summed E-state index contributed by atoms with van der Waals surface area (Å²) in [5.74, 6) is 0.457. The molecular formula is C17H19BrFNO. The number of likely N-dealkylation sites (N-methyl/N-ethyl adjacent to an activating group) is 1. The normalized spacial score (nSPS) is 13.8. The highest BCUT2D eigenvalue weighted by Gasteiger charge is 2.23. The first kappa shape index (κ1) is 16.0. The summed E-state index contributed by atoms with van der Waals surface area (Å²) in [4.78, 5) is 0. The monoisotopic (exact) mass is 351 g/mol. The molecule has 0 saturated heterocycles. The average molecular weight is 352 g/mol. The van der Waals surface area contributed by atoms with Crippen molar-refractivity contribution in [2.75, 3.05) is 14.2 Å². The predicted octanol–water partition coefficient (Wildman–Crippen LogP) is 4.66. The Hall–Kier alpha value is -1.39. The van der Waals surface area contributed by atoms with E-state index >= 15 is 0 Å². The summed E-state index contributed by atoms with van der Waals surface area (Å²) in [6.45, 7) is 2.15. The van der Waals surface area contributed by atoms with Gasteiger partial charge in [0.05, 0.1) is 11.6 Å². The van der Waals surface area contributed by atoms with Crippen LogP contribution in [0.2, 0.25) is 0 Å². The van der Waals surface area contributed by atoms with E-state index < -0.39 is 0 Å². The van der Waals surface area contributed by atoms with Crippen molar-refractivity contribution in [3.05, 3.63) is 63.9 Å². The zero-order chi connectivity index (χ0) is 15.4. The second kappa shape index (κ2) is 7.05. The smallest absolute Gasteiger partial charge is 0.141 e. The molecule has 0 aliphatic heterocycles. The Morgan fingerprint density at radius 3 is 2.43 bits per heavy atom. The van der Waals surface area contributed by atoms with Crippen molar-refractivity contribution in [3.63, 3.8) is 0 Å². The van der Waals surface area contributed by atoms with Gasteiger partial charge in [-0.05, 0) is 34.6 Å². The van der Waals surface area contributed by atoms with Crippen LogP contribution in [0.15, 0.2) is 46.9 Å². The Balaban J connectivity index is 2.44. The maximum absolute atomic E-state index is 13.7. The van der Waals surface area contributed by atoms with Crippen molar-refractivity contribution in [1.29, 1.82) is 0 Å². The molecule has 21 heavy (non-hydrogen) atoms. The molecule has 0 saturated carbocycles. The summed E-state index contributed by atoms with van der Waals surface area (Å²) in [6.07, 6.45) is 0. The molecule has 0 amide bonds. The summed E-state index contributed by atoms with van der Waals surface area (Å²) in [5, 5.41) is 3.31. The average Bonchev–Trinajstić information content (AvgIpc) is 2.51. The third kappa shape index (κ3) is 3.44. The second-order valence-corrected chi connectivity index (χ2v) is 5.83. The lowest BCUT2D eigenvalue weighted by Crippen LogP contribution is -2.23. The van der Waals surface area contributed by atoms with Crippen LogP contribution >= 0.6 is 15.9 Å². The molecule has 4 heteroatoms. The molecule has 0 radical (unpaired) electrons. The molecule has 0 aliphatic carbocycles. The van der Waals surface area contributed by atoms with Crippen LogP contribution < -0.4 is 10.1 Å². The van der Waals surface area contributed by atoms with Crippen molar-refractivity contribution in [3.8, 4) is 5.75 Å². The lowest BCUT2D eigenvalue weighted by Gasteiger charge is -2.26. The fourth-order valence-corrected chi connectivity index (χ4v) is 2.95. The number of halogens is 2. The number of rotatable bonds is 5. The maximum Gasteiger partial charge on any atom is 0.141 e. The van der Waals surface area contributed by atoms with Crippen molar-refractivity contribution in [1.82, 2.24) is 5.32 Å². The van der Waals surface area contributed by atoms with Crippen LogP contribution in [0.4, 0.5) is 4.39 Å². The summed E-state index contributed by atoms with van der Waals surface area (Å²) in [7, 11) is 3.47. The first-order valence-corrected chi connectivity index (χ1v) is 7.63. The van der Waals surface area contributed by atoms with E-state index in [-0.39, 0.29) is 17.8 Å². The predicted molar refractivity (Wildman–Crippen MR) is 87.3 cm³/mol. The highest BCUT2D eigenvalue weighted by atomic mass is 79.9. The topological polar surface area (TPSA) is 21.3 Å². The molecule has 2 unspecified atom stereocenters. The van der Waals surface area contributed by atoms with E-state index in [1.165, 1.54) is 11.6 Å². The van der Waals surface area contributed by atoms with Crippen LogP contribution in [0, 0.1) is 5.82 Å². The summed E-state index contributed by atoms with van der Waals surface area (Å²) in [6, 6.07) is 13.5. The van der Waals surface area contributed by atoms with Crippen LogP contribution in [0.3, 0.4) is 0 Å². The minimum atomic E-state index is -0.321. The van der Waals surface area contributed by atoms with Gasteiger partial charge in [0.1, 0.15) is 11.6 Å². The number of hydrogen-bond acceptors (Lipinski definition) is 2. The van der Waals surface area contributed by atoms with Crippen LogP contribution in [-0.4, -0.2) is 14.2 Å². The van der Waals surface area contributed by atoms with Gasteiger partial charge in [0.2, 0.25) is 0 Å². The maximum atomic E-state index is 13.7. The Bertz CT molecular complexity index is 603. The standard InChI is InChI=1S/C17H19BrFNO/c1-11(12-7-5-4-6-8-12)17(20-2)13-9-14(18)15(19)10-16(13)21-3/h4-11,17,20H,1-3H3. The molecule has 112 valence electrons. The van der Waals surface area contributed by atoms with Gasteiger partial charge in [0.25, 0.3) is 0 Å². The number of nitrogens with one attached hydrogen (secondary N) is 1. The first-order valence-electron chi connectivity index (χ1n) is 6.83. The van der Waals surface area contributed by atoms with Gasteiger partial charge in [0, 0.05) is 23.6 Å². The van der Waals surface area contributed by atoms with Gasteiger partial charge in [0.15, 0.2) is 0 Å². The van der Waals surface area contributed by atoms with E-state index in [9.17, 15) is 4.39 Å². The second-order valence-electron chi connectivity index (χ2n) is 4.97. The molecule has 2 aromatic carbocycles. The molecular weight excluding hydrogens is 333 g/mol. The molecule has 2 rings (SSSR count). The summed E-state index contributed by atoms with van der Waals surface area (Å²) in [5.41, 5.74) is 2.16. The molecule has 0 spiro atoms. The molecule has 0 aromatic heterocycles. The highest BCUT2D eigenvalue weighted by molar-refractivity contribution is 9.10. The highest BCUT2D eigenvalue weighted by Crippen LogP contribution is 2.37. The molecule has 1 N–H and O–H groups in total.